The second-order valence-electron chi connectivity index (χ2n) is 4.76. The quantitative estimate of drug-likeness (QED) is 0.565. The minimum Gasteiger partial charge on any atom is -0.496 e. The average Bonchev–Trinajstić information content (AvgIpc) is 2.46. The van der Waals surface area contributed by atoms with Crippen molar-refractivity contribution in [2.45, 2.75) is 19.8 Å². The molecule has 7 heteroatoms. The number of anilines is 3. The van der Waals surface area contributed by atoms with Crippen molar-refractivity contribution in [1.82, 2.24) is 9.97 Å². The first-order chi connectivity index (χ1) is 10.1. The van der Waals surface area contributed by atoms with Crippen molar-refractivity contribution in [2.75, 3.05) is 17.9 Å². The Labute approximate surface area is 132 Å². The first-order valence-corrected chi connectivity index (χ1v) is 7.28. The van der Waals surface area contributed by atoms with E-state index >= 15 is 0 Å². The molecule has 0 aliphatic carbocycles. The molecular weight excluding hydrogens is 334 g/mol. The summed E-state index contributed by atoms with van der Waals surface area (Å²) in [5, 5.41) is 3.29. The molecule has 1 aromatic carbocycles. The first kappa shape index (κ1) is 15.5. The number of methoxy groups -OCH3 is 1. The van der Waals surface area contributed by atoms with Gasteiger partial charge in [0.05, 0.1) is 11.6 Å². The highest BCUT2D eigenvalue weighted by molar-refractivity contribution is 9.10. The maximum absolute atomic E-state index is 5.52. The van der Waals surface area contributed by atoms with Crippen molar-refractivity contribution in [1.29, 1.82) is 0 Å². The van der Waals surface area contributed by atoms with Crippen LogP contribution in [0.1, 0.15) is 25.3 Å². The average molecular weight is 352 g/mol. The van der Waals surface area contributed by atoms with Gasteiger partial charge in [-0.15, -0.1) is 0 Å². The van der Waals surface area contributed by atoms with Gasteiger partial charge >= 0.3 is 0 Å². The zero-order valence-corrected chi connectivity index (χ0v) is 13.7. The molecule has 0 aliphatic heterocycles. The van der Waals surface area contributed by atoms with E-state index in [1.54, 1.807) is 7.11 Å². The molecule has 0 radical (unpaired) electrons. The van der Waals surface area contributed by atoms with Crippen molar-refractivity contribution in [3.8, 4) is 5.75 Å². The van der Waals surface area contributed by atoms with Crippen molar-refractivity contribution in [3.63, 3.8) is 0 Å². The number of nitrogens with two attached hydrogens (primary N) is 1. The summed E-state index contributed by atoms with van der Waals surface area (Å²) >= 11 is 3.47. The summed E-state index contributed by atoms with van der Waals surface area (Å²) in [6, 6.07) is 5.73. The Kier molecular flexibility index (Phi) is 4.98. The Balaban J connectivity index is 2.37. The third-order valence-electron chi connectivity index (χ3n) is 3.01. The molecule has 112 valence electrons. The van der Waals surface area contributed by atoms with Crippen LogP contribution < -0.4 is 21.3 Å². The van der Waals surface area contributed by atoms with Crippen molar-refractivity contribution < 1.29 is 4.74 Å². The smallest absolute Gasteiger partial charge is 0.148 e. The van der Waals surface area contributed by atoms with Gasteiger partial charge in [-0.3, -0.25) is 0 Å². The Morgan fingerprint density at radius 3 is 2.52 bits per heavy atom. The van der Waals surface area contributed by atoms with Gasteiger partial charge < -0.3 is 15.5 Å². The normalized spacial score (nSPS) is 10.6. The topological polar surface area (TPSA) is 85.1 Å². The molecule has 21 heavy (non-hydrogen) atoms. The maximum atomic E-state index is 5.52. The molecule has 0 fully saturated rings. The Bertz CT molecular complexity index is 633. The van der Waals surface area contributed by atoms with E-state index in [-0.39, 0.29) is 5.92 Å². The zero-order chi connectivity index (χ0) is 15.4. The fourth-order valence-electron chi connectivity index (χ4n) is 2.04. The van der Waals surface area contributed by atoms with Gasteiger partial charge in [0.25, 0.3) is 0 Å². The van der Waals surface area contributed by atoms with Crippen LogP contribution in [0.2, 0.25) is 0 Å². The van der Waals surface area contributed by atoms with Crippen molar-refractivity contribution in [3.05, 3.63) is 34.6 Å². The van der Waals surface area contributed by atoms with Crippen molar-refractivity contribution in [2.24, 2.45) is 5.84 Å². The molecule has 0 atom stereocenters. The lowest BCUT2D eigenvalue weighted by Gasteiger charge is -2.16. The molecule has 2 rings (SSSR count). The van der Waals surface area contributed by atoms with Gasteiger partial charge in [-0.1, -0.05) is 13.8 Å². The predicted octanol–water partition coefficient (Wildman–Crippen LogP) is 3.40. The molecule has 0 spiro atoms. The van der Waals surface area contributed by atoms with Crippen LogP contribution in [-0.2, 0) is 0 Å². The highest BCUT2D eigenvalue weighted by Crippen LogP contribution is 2.32. The van der Waals surface area contributed by atoms with Crippen LogP contribution in [0.5, 0.6) is 5.75 Å². The molecule has 4 N–H and O–H groups in total. The monoisotopic (exact) mass is 351 g/mol. The van der Waals surface area contributed by atoms with Crippen LogP contribution in [0, 0.1) is 0 Å². The predicted molar refractivity (Wildman–Crippen MR) is 87.9 cm³/mol. The van der Waals surface area contributed by atoms with Gasteiger partial charge in [-0.2, -0.15) is 0 Å². The number of benzene rings is 1. The number of hydrazine groups is 1. The number of nitrogen functional groups attached to an aromatic ring is 1. The summed E-state index contributed by atoms with van der Waals surface area (Å²) in [7, 11) is 1.63. The first-order valence-electron chi connectivity index (χ1n) is 6.49. The number of aromatic nitrogens is 2. The fourth-order valence-corrected chi connectivity index (χ4v) is 2.58. The van der Waals surface area contributed by atoms with E-state index in [2.05, 4.69) is 50.5 Å². The van der Waals surface area contributed by atoms with E-state index in [4.69, 9.17) is 10.6 Å². The third kappa shape index (κ3) is 3.43. The minimum atomic E-state index is 0.224. The molecule has 1 heterocycles. The SMILES string of the molecule is COc1ccc(Nc2ncnc(NN)c2C(C)C)cc1Br. The summed E-state index contributed by atoms with van der Waals surface area (Å²) in [6.07, 6.45) is 1.47. The van der Waals surface area contributed by atoms with E-state index < -0.39 is 0 Å². The van der Waals surface area contributed by atoms with Gasteiger partial charge in [0.15, 0.2) is 0 Å². The summed E-state index contributed by atoms with van der Waals surface area (Å²) in [5.41, 5.74) is 4.44. The Hall–Kier alpha value is -1.86. The minimum absolute atomic E-state index is 0.224. The van der Waals surface area contributed by atoms with Crippen molar-refractivity contribution >= 4 is 33.3 Å². The molecule has 0 saturated heterocycles. The number of nitrogens with zero attached hydrogens (tertiary/aromatic N) is 2. The van der Waals surface area contributed by atoms with Gasteiger partial charge in [-0.25, -0.2) is 15.8 Å². The van der Waals surface area contributed by atoms with Gasteiger partial charge in [0.2, 0.25) is 0 Å². The largest absolute Gasteiger partial charge is 0.496 e. The van der Waals surface area contributed by atoms with Crippen LogP contribution in [-0.4, -0.2) is 17.1 Å². The highest BCUT2D eigenvalue weighted by Gasteiger charge is 2.15. The number of halogens is 1. The lowest BCUT2D eigenvalue weighted by molar-refractivity contribution is 0.412. The third-order valence-corrected chi connectivity index (χ3v) is 3.63. The molecule has 0 amide bonds. The van der Waals surface area contributed by atoms with Crippen LogP contribution in [0.25, 0.3) is 0 Å². The molecular formula is C14H18BrN5O. The zero-order valence-electron chi connectivity index (χ0n) is 12.1. The summed E-state index contributed by atoms with van der Waals surface area (Å²) < 4.78 is 6.09. The van der Waals surface area contributed by atoms with Gasteiger partial charge in [0.1, 0.15) is 23.7 Å². The van der Waals surface area contributed by atoms with Gasteiger partial charge in [0, 0.05) is 11.3 Å². The molecule has 6 nitrogen and oxygen atoms in total. The molecule has 0 aliphatic rings. The summed E-state index contributed by atoms with van der Waals surface area (Å²) in [4.78, 5) is 8.46. The lowest BCUT2D eigenvalue weighted by Crippen LogP contribution is -2.14. The maximum Gasteiger partial charge on any atom is 0.148 e. The molecule has 1 aromatic heterocycles. The van der Waals surface area contributed by atoms with E-state index in [0.29, 0.717) is 5.82 Å². The molecule has 0 bridgehead atoms. The van der Waals surface area contributed by atoms with Crippen LogP contribution in [0.4, 0.5) is 17.3 Å². The summed E-state index contributed by atoms with van der Waals surface area (Å²) in [5.74, 6) is 7.87. The molecule has 0 unspecified atom stereocenters. The fraction of sp³-hybridized carbons (Fsp3) is 0.286. The molecule has 0 saturated carbocycles. The lowest BCUT2D eigenvalue weighted by atomic mass is 10.0. The second-order valence-corrected chi connectivity index (χ2v) is 5.61. The van der Waals surface area contributed by atoms with Gasteiger partial charge in [-0.05, 0) is 40.0 Å². The molecule has 2 aromatic rings. The van der Waals surface area contributed by atoms with E-state index in [9.17, 15) is 0 Å². The number of nitrogens with one attached hydrogen (secondary N) is 2. The number of hydrogen-bond donors (Lipinski definition) is 3. The van der Waals surface area contributed by atoms with E-state index in [0.717, 1.165) is 27.3 Å². The van der Waals surface area contributed by atoms with Crippen LogP contribution in [0.15, 0.2) is 29.0 Å². The highest BCUT2D eigenvalue weighted by atomic mass is 79.9. The number of ether oxygens (including phenoxy) is 1. The Morgan fingerprint density at radius 1 is 1.24 bits per heavy atom. The van der Waals surface area contributed by atoms with E-state index in [1.807, 2.05) is 18.2 Å². The van der Waals surface area contributed by atoms with Crippen LogP contribution >= 0.6 is 15.9 Å². The second kappa shape index (κ2) is 6.73. The number of hydrogen-bond acceptors (Lipinski definition) is 6. The Morgan fingerprint density at radius 2 is 1.95 bits per heavy atom. The number of rotatable bonds is 5. The van der Waals surface area contributed by atoms with E-state index in [1.165, 1.54) is 6.33 Å². The van der Waals surface area contributed by atoms with Crippen LogP contribution in [0.3, 0.4) is 0 Å². The standard InChI is InChI=1S/C14H18BrN5O/c1-8(2)12-13(17-7-18-14(12)20-16)19-9-4-5-11(21-3)10(15)6-9/h4-8H,16H2,1-3H3,(H2,17,18,19,20). The summed E-state index contributed by atoms with van der Waals surface area (Å²) in [6.45, 7) is 4.13.